The van der Waals surface area contributed by atoms with Crippen molar-refractivity contribution in [2.45, 2.75) is 19.3 Å². The van der Waals surface area contributed by atoms with Crippen molar-refractivity contribution in [3.8, 4) is 0 Å². The van der Waals surface area contributed by atoms with Crippen molar-refractivity contribution >= 4 is 0 Å². The Bertz CT molecular complexity index is 160. The summed E-state index contributed by atoms with van der Waals surface area (Å²) in [6.45, 7) is 4.20. The van der Waals surface area contributed by atoms with Crippen LogP contribution >= 0.6 is 0 Å². The van der Waals surface area contributed by atoms with Crippen LogP contribution in [-0.4, -0.2) is 38.0 Å². The van der Waals surface area contributed by atoms with Crippen LogP contribution in [0.15, 0.2) is 0 Å². The lowest BCUT2D eigenvalue weighted by atomic mass is 9.70. The molecule has 2 aliphatic heterocycles. The van der Waals surface area contributed by atoms with Crippen LogP contribution in [0.25, 0.3) is 0 Å². The molecule has 0 spiro atoms. The molecule has 0 amide bonds. The fourth-order valence-electron chi connectivity index (χ4n) is 2.65. The lowest BCUT2D eigenvalue weighted by Crippen LogP contribution is -2.40. The van der Waals surface area contributed by atoms with Crippen LogP contribution < -0.4 is 5.32 Å². The van der Waals surface area contributed by atoms with E-state index in [2.05, 4.69) is 5.32 Å². The second-order valence-electron chi connectivity index (χ2n) is 4.32. The molecule has 2 saturated heterocycles. The summed E-state index contributed by atoms with van der Waals surface area (Å²) in [6, 6.07) is 0. The average molecular weight is 185 g/mol. The largest absolute Gasteiger partial charge is 0.396 e. The summed E-state index contributed by atoms with van der Waals surface area (Å²) in [5.74, 6) is 0.668. The molecule has 2 heterocycles. The zero-order chi connectivity index (χ0) is 9.15. The Labute approximate surface area is 79.5 Å². The Morgan fingerprint density at radius 2 is 2.15 bits per heavy atom. The molecule has 0 bridgehead atoms. The predicted molar refractivity (Wildman–Crippen MR) is 50.5 cm³/mol. The highest BCUT2D eigenvalue weighted by molar-refractivity contribution is 4.91. The molecule has 0 radical (unpaired) electrons. The molecular formula is C10H19NO2. The fourth-order valence-corrected chi connectivity index (χ4v) is 2.65. The van der Waals surface area contributed by atoms with E-state index in [9.17, 15) is 5.11 Å². The SMILES string of the molecule is OCC1(C2CCNC2)CCOCC1. The molecule has 2 rings (SSSR count). The first-order chi connectivity index (χ1) is 6.37. The molecule has 3 heteroatoms. The van der Waals surface area contributed by atoms with E-state index in [1.807, 2.05) is 0 Å². The van der Waals surface area contributed by atoms with Gasteiger partial charge in [-0.05, 0) is 38.3 Å². The minimum atomic E-state index is 0.168. The van der Waals surface area contributed by atoms with Crippen molar-refractivity contribution < 1.29 is 9.84 Å². The van der Waals surface area contributed by atoms with Crippen molar-refractivity contribution in [1.82, 2.24) is 5.32 Å². The van der Waals surface area contributed by atoms with Gasteiger partial charge in [0.25, 0.3) is 0 Å². The molecule has 0 saturated carbocycles. The van der Waals surface area contributed by atoms with E-state index in [1.165, 1.54) is 6.42 Å². The Balaban J connectivity index is 2.03. The Hall–Kier alpha value is -0.120. The molecule has 3 nitrogen and oxygen atoms in total. The first-order valence-corrected chi connectivity index (χ1v) is 5.27. The van der Waals surface area contributed by atoms with Gasteiger partial charge >= 0.3 is 0 Å². The van der Waals surface area contributed by atoms with Crippen molar-refractivity contribution in [2.75, 3.05) is 32.9 Å². The highest BCUT2D eigenvalue weighted by Crippen LogP contribution is 2.40. The molecule has 76 valence electrons. The summed E-state index contributed by atoms with van der Waals surface area (Å²) in [4.78, 5) is 0. The minimum absolute atomic E-state index is 0.168. The monoisotopic (exact) mass is 185 g/mol. The maximum absolute atomic E-state index is 9.52. The summed E-state index contributed by atoms with van der Waals surface area (Å²) < 4.78 is 5.35. The van der Waals surface area contributed by atoms with Gasteiger partial charge in [-0.15, -0.1) is 0 Å². The molecule has 0 aromatic carbocycles. The summed E-state index contributed by atoms with van der Waals surface area (Å²) in [7, 11) is 0. The van der Waals surface area contributed by atoms with Gasteiger partial charge in [-0.3, -0.25) is 0 Å². The van der Waals surface area contributed by atoms with Gasteiger partial charge in [-0.1, -0.05) is 0 Å². The second-order valence-corrected chi connectivity index (χ2v) is 4.32. The van der Waals surface area contributed by atoms with Crippen LogP contribution in [0.3, 0.4) is 0 Å². The number of hydrogen-bond donors (Lipinski definition) is 2. The van der Waals surface area contributed by atoms with E-state index in [1.54, 1.807) is 0 Å². The molecule has 0 aromatic heterocycles. The van der Waals surface area contributed by atoms with Gasteiger partial charge in [-0.25, -0.2) is 0 Å². The molecule has 0 aromatic rings. The second kappa shape index (κ2) is 3.95. The summed E-state index contributed by atoms with van der Waals surface area (Å²) in [6.07, 6.45) is 3.30. The number of ether oxygens (including phenoxy) is 1. The Morgan fingerprint density at radius 3 is 2.69 bits per heavy atom. The van der Waals surface area contributed by atoms with E-state index >= 15 is 0 Å². The van der Waals surface area contributed by atoms with E-state index in [0.29, 0.717) is 12.5 Å². The zero-order valence-electron chi connectivity index (χ0n) is 8.09. The summed E-state index contributed by atoms with van der Waals surface area (Å²) in [5.41, 5.74) is 0.168. The van der Waals surface area contributed by atoms with Crippen molar-refractivity contribution in [3.05, 3.63) is 0 Å². The van der Waals surface area contributed by atoms with Gasteiger partial charge in [-0.2, -0.15) is 0 Å². The predicted octanol–water partition coefficient (Wildman–Crippen LogP) is 0.385. The van der Waals surface area contributed by atoms with Gasteiger partial charge in [0.2, 0.25) is 0 Å². The van der Waals surface area contributed by atoms with Crippen LogP contribution in [0.1, 0.15) is 19.3 Å². The first-order valence-electron chi connectivity index (χ1n) is 5.27. The number of rotatable bonds is 2. The quantitative estimate of drug-likeness (QED) is 0.653. The van der Waals surface area contributed by atoms with Crippen molar-refractivity contribution in [2.24, 2.45) is 11.3 Å². The van der Waals surface area contributed by atoms with Crippen LogP contribution in [-0.2, 0) is 4.74 Å². The van der Waals surface area contributed by atoms with E-state index in [0.717, 1.165) is 39.1 Å². The molecule has 13 heavy (non-hydrogen) atoms. The van der Waals surface area contributed by atoms with E-state index in [-0.39, 0.29) is 5.41 Å². The van der Waals surface area contributed by atoms with Crippen LogP contribution in [0, 0.1) is 11.3 Å². The number of aliphatic hydroxyl groups is 1. The molecule has 2 N–H and O–H groups in total. The fraction of sp³-hybridized carbons (Fsp3) is 1.00. The highest BCUT2D eigenvalue weighted by Gasteiger charge is 2.40. The molecule has 0 aliphatic carbocycles. The van der Waals surface area contributed by atoms with Gasteiger partial charge < -0.3 is 15.2 Å². The highest BCUT2D eigenvalue weighted by atomic mass is 16.5. The summed E-state index contributed by atoms with van der Waals surface area (Å²) in [5, 5.41) is 12.9. The average Bonchev–Trinajstić information content (AvgIpc) is 2.72. The third kappa shape index (κ3) is 1.73. The van der Waals surface area contributed by atoms with Crippen LogP contribution in [0.4, 0.5) is 0 Å². The number of aliphatic hydroxyl groups excluding tert-OH is 1. The topological polar surface area (TPSA) is 41.5 Å². The normalized spacial score (nSPS) is 33.5. The third-order valence-corrected chi connectivity index (χ3v) is 3.73. The Morgan fingerprint density at radius 1 is 1.38 bits per heavy atom. The lowest BCUT2D eigenvalue weighted by Gasteiger charge is -2.40. The maximum Gasteiger partial charge on any atom is 0.0492 e. The van der Waals surface area contributed by atoms with Gasteiger partial charge in [0.15, 0.2) is 0 Å². The Kier molecular flexibility index (Phi) is 2.86. The van der Waals surface area contributed by atoms with Crippen molar-refractivity contribution in [3.63, 3.8) is 0 Å². The van der Waals surface area contributed by atoms with Gasteiger partial charge in [0.05, 0.1) is 0 Å². The molecule has 1 unspecified atom stereocenters. The molecule has 2 aliphatic rings. The van der Waals surface area contributed by atoms with Gasteiger partial charge in [0, 0.05) is 25.2 Å². The summed E-state index contributed by atoms with van der Waals surface area (Å²) >= 11 is 0. The molecule has 2 fully saturated rings. The standard InChI is InChI=1S/C10H19NO2/c12-8-10(2-5-13-6-3-10)9-1-4-11-7-9/h9,11-12H,1-8H2. The maximum atomic E-state index is 9.52. The van der Waals surface area contributed by atoms with E-state index in [4.69, 9.17) is 4.74 Å². The smallest absolute Gasteiger partial charge is 0.0492 e. The zero-order valence-corrected chi connectivity index (χ0v) is 8.09. The molecular weight excluding hydrogens is 166 g/mol. The minimum Gasteiger partial charge on any atom is -0.396 e. The number of hydrogen-bond acceptors (Lipinski definition) is 3. The first kappa shape index (κ1) is 9.44. The van der Waals surface area contributed by atoms with Crippen LogP contribution in [0.2, 0.25) is 0 Å². The molecule has 1 atom stereocenters. The van der Waals surface area contributed by atoms with Gasteiger partial charge in [0.1, 0.15) is 0 Å². The van der Waals surface area contributed by atoms with E-state index < -0.39 is 0 Å². The third-order valence-electron chi connectivity index (χ3n) is 3.73. The van der Waals surface area contributed by atoms with Crippen molar-refractivity contribution in [1.29, 1.82) is 0 Å². The lowest BCUT2D eigenvalue weighted by molar-refractivity contribution is -0.0457. The number of nitrogens with one attached hydrogen (secondary N) is 1. The van der Waals surface area contributed by atoms with Crippen LogP contribution in [0.5, 0.6) is 0 Å².